The number of carbonyl (C=O) groups is 1. The average Bonchev–Trinajstić information content (AvgIpc) is 2.69. The van der Waals surface area contributed by atoms with Crippen LogP contribution in [0.4, 0.5) is 4.79 Å². The van der Waals surface area contributed by atoms with Gasteiger partial charge in [0.15, 0.2) is 0 Å². The summed E-state index contributed by atoms with van der Waals surface area (Å²) in [5.74, 6) is 1.96. The van der Waals surface area contributed by atoms with Crippen LogP contribution in [-0.2, 0) is 4.74 Å². The molecule has 1 amide bonds. The Kier molecular flexibility index (Phi) is 3.85. The van der Waals surface area contributed by atoms with E-state index in [-0.39, 0.29) is 6.09 Å². The molecular weight excluding hydrogens is 228 g/mol. The van der Waals surface area contributed by atoms with E-state index in [1.165, 1.54) is 19.3 Å². The highest BCUT2D eigenvalue weighted by Crippen LogP contribution is 2.38. The third-order valence-corrected chi connectivity index (χ3v) is 4.14. The number of likely N-dealkylation sites (tertiary alicyclic amines) is 1. The summed E-state index contributed by atoms with van der Waals surface area (Å²) in [5.41, 5.74) is 5.36. The third-order valence-electron chi connectivity index (χ3n) is 4.14. The highest BCUT2D eigenvalue weighted by molar-refractivity contribution is 5.68. The van der Waals surface area contributed by atoms with Crippen molar-refractivity contribution in [3.05, 3.63) is 0 Å². The minimum Gasteiger partial charge on any atom is -0.444 e. The third kappa shape index (κ3) is 3.16. The fourth-order valence-electron chi connectivity index (χ4n) is 3.22. The molecule has 1 heterocycles. The fraction of sp³-hybridized carbons (Fsp3) is 0.929. The van der Waals surface area contributed by atoms with E-state index in [1.54, 1.807) is 0 Å². The topological polar surface area (TPSA) is 55.6 Å². The van der Waals surface area contributed by atoms with Crippen LogP contribution in [0.1, 0.15) is 40.0 Å². The SMILES string of the molecule is CC(C)(C)OC(=O)N1CC2CCC(CN)CC2C1. The molecule has 0 bridgehead atoms. The number of nitrogens with two attached hydrogens (primary N) is 1. The second kappa shape index (κ2) is 5.08. The lowest BCUT2D eigenvalue weighted by Gasteiger charge is -2.29. The van der Waals surface area contributed by atoms with E-state index in [4.69, 9.17) is 10.5 Å². The van der Waals surface area contributed by atoms with E-state index in [0.29, 0.717) is 17.8 Å². The van der Waals surface area contributed by atoms with Gasteiger partial charge in [0.1, 0.15) is 5.60 Å². The molecule has 0 aromatic heterocycles. The molecular formula is C14H26N2O2. The monoisotopic (exact) mass is 254 g/mol. The molecule has 4 heteroatoms. The van der Waals surface area contributed by atoms with E-state index in [2.05, 4.69) is 0 Å². The summed E-state index contributed by atoms with van der Waals surface area (Å²) < 4.78 is 5.44. The summed E-state index contributed by atoms with van der Waals surface area (Å²) in [4.78, 5) is 13.9. The first kappa shape index (κ1) is 13.7. The summed E-state index contributed by atoms with van der Waals surface area (Å²) in [6.07, 6.45) is 3.47. The van der Waals surface area contributed by atoms with Crippen molar-refractivity contribution < 1.29 is 9.53 Å². The van der Waals surface area contributed by atoms with Crippen LogP contribution >= 0.6 is 0 Å². The van der Waals surface area contributed by atoms with Crippen molar-refractivity contribution in [2.24, 2.45) is 23.5 Å². The van der Waals surface area contributed by atoms with Gasteiger partial charge in [-0.05, 0) is 64.3 Å². The zero-order valence-electron chi connectivity index (χ0n) is 11.8. The minimum absolute atomic E-state index is 0.152. The number of carbonyl (C=O) groups excluding carboxylic acids is 1. The maximum absolute atomic E-state index is 12.0. The number of hydrogen-bond acceptors (Lipinski definition) is 3. The summed E-state index contributed by atoms with van der Waals surface area (Å²) in [5, 5.41) is 0. The van der Waals surface area contributed by atoms with Crippen molar-refractivity contribution in [1.82, 2.24) is 4.90 Å². The first-order valence-corrected chi connectivity index (χ1v) is 7.07. The van der Waals surface area contributed by atoms with Crippen molar-refractivity contribution in [1.29, 1.82) is 0 Å². The highest BCUT2D eigenvalue weighted by Gasteiger charge is 2.40. The molecule has 0 aromatic rings. The molecule has 0 spiro atoms. The van der Waals surface area contributed by atoms with Crippen LogP contribution in [0.2, 0.25) is 0 Å². The van der Waals surface area contributed by atoms with Gasteiger partial charge >= 0.3 is 6.09 Å². The molecule has 2 fully saturated rings. The molecule has 2 rings (SSSR count). The van der Waals surface area contributed by atoms with Crippen molar-refractivity contribution in [3.8, 4) is 0 Å². The number of rotatable bonds is 1. The van der Waals surface area contributed by atoms with Gasteiger partial charge in [0.25, 0.3) is 0 Å². The van der Waals surface area contributed by atoms with Gasteiger partial charge in [0.2, 0.25) is 0 Å². The molecule has 1 aliphatic carbocycles. The number of hydrogen-bond donors (Lipinski definition) is 1. The lowest BCUT2D eigenvalue weighted by atomic mass is 9.76. The predicted molar refractivity (Wildman–Crippen MR) is 71.2 cm³/mol. The van der Waals surface area contributed by atoms with Gasteiger partial charge in [-0.15, -0.1) is 0 Å². The Labute approximate surface area is 110 Å². The van der Waals surface area contributed by atoms with Crippen molar-refractivity contribution in [3.63, 3.8) is 0 Å². The zero-order valence-corrected chi connectivity index (χ0v) is 11.8. The molecule has 0 aromatic carbocycles. The Bertz CT molecular complexity index is 311. The van der Waals surface area contributed by atoms with Gasteiger partial charge in [-0.1, -0.05) is 0 Å². The number of ether oxygens (including phenoxy) is 1. The van der Waals surface area contributed by atoms with Crippen LogP contribution in [0.25, 0.3) is 0 Å². The van der Waals surface area contributed by atoms with E-state index in [9.17, 15) is 4.79 Å². The molecule has 0 radical (unpaired) electrons. The van der Waals surface area contributed by atoms with Gasteiger partial charge in [0.05, 0.1) is 0 Å². The number of amides is 1. The molecule has 3 atom stereocenters. The van der Waals surface area contributed by atoms with Crippen LogP contribution < -0.4 is 5.73 Å². The normalized spacial score (nSPS) is 32.2. The molecule has 1 saturated heterocycles. The molecule has 2 aliphatic rings. The van der Waals surface area contributed by atoms with E-state index in [0.717, 1.165) is 19.6 Å². The van der Waals surface area contributed by atoms with E-state index in [1.807, 2.05) is 25.7 Å². The fourth-order valence-corrected chi connectivity index (χ4v) is 3.22. The summed E-state index contributed by atoms with van der Waals surface area (Å²) >= 11 is 0. The molecule has 4 nitrogen and oxygen atoms in total. The molecule has 3 unspecified atom stereocenters. The van der Waals surface area contributed by atoms with Gasteiger partial charge in [0, 0.05) is 13.1 Å². The maximum atomic E-state index is 12.0. The molecule has 1 saturated carbocycles. The van der Waals surface area contributed by atoms with Gasteiger partial charge in [-0.3, -0.25) is 0 Å². The number of nitrogens with zero attached hydrogens (tertiary/aromatic N) is 1. The smallest absolute Gasteiger partial charge is 0.410 e. The molecule has 2 N–H and O–H groups in total. The first-order valence-electron chi connectivity index (χ1n) is 7.07. The second-order valence-corrected chi connectivity index (χ2v) is 6.82. The quantitative estimate of drug-likeness (QED) is 0.780. The van der Waals surface area contributed by atoms with Crippen molar-refractivity contribution in [2.75, 3.05) is 19.6 Å². The lowest BCUT2D eigenvalue weighted by molar-refractivity contribution is 0.0284. The standard InChI is InChI=1S/C14H26N2O2/c1-14(2,3)18-13(17)16-8-11-5-4-10(7-15)6-12(11)9-16/h10-12H,4-9,15H2,1-3H3. The van der Waals surface area contributed by atoms with Gasteiger partial charge in [-0.2, -0.15) is 0 Å². The van der Waals surface area contributed by atoms with Gasteiger partial charge in [-0.25, -0.2) is 4.79 Å². The minimum atomic E-state index is -0.398. The summed E-state index contributed by atoms with van der Waals surface area (Å²) in [7, 11) is 0. The largest absolute Gasteiger partial charge is 0.444 e. The first-order chi connectivity index (χ1) is 8.39. The van der Waals surface area contributed by atoms with Crippen LogP contribution in [-0.4, -0.2) is 36.2 Å². The summed E-state index contributed by atoms with van der Waals surface area (Å²) in [6.45, 7) is 8.26. The van der Waals surface area contributed by atoms with Crippen molar-refractivity contribution >= 4 is 6.09 Å². The Morgan fingerprint density at radius 3 is 2.56 bits per heavy atom. The Hall–Kier alpha value is -0.770. The molecule has 104 valence electrons. The zero-order chi connectivity index (χ0) is 13.3. The molecule has 18 heavy (non-hydrogen) atoms. The Morgan fingerprint density at radius 1 is 1.28 bits per heavy atom. The Morgan fingerprint density at radius 2 is 1.94 bits per heavy atom. The van der Waals surface area contributed by atoms with Crippen LogP contribution in [0.15, 0.2) is 0 Å². The Balaban J connectivity index is 1.90. The summed E-state index contributed by atoms with van der Waals surface area (Å²) in [6, 6.07) is 0. The highest BCUT2D eigenvalue weighted by atomic mass is 16.6. The number of fused-ring (bicyclic) bond motifs is 1. The van der Waals surface area contributed by atoms with Gasteiger partial charge < -0.3 is 15.4 Å². The average molecular weight is 254 g/mol. The predicted octanol–water partition coefficient (Wildman–Crippen LogP) is 2.23. The van der Waals surface area contributed by atoms with Crippen LogP contribution in [0, 0.1) is 17.8 Å². The molecule has 1 aliphatic heterocycles. The van der Waals surface area contributed by atoms with E-state index < -0.39 is 5.60 Å². The van der Waals surface area contributed by atoms with Crippen LogP contribution in [0.5, 0.6) is 0 Å². The van der Waals surface area contributed by atoms with Crippen LogP contribution in [0.3, 0.4) is 0 Å². The lowest BCUT2D eigenvalue weighted by Crippen LogP contribution is -2.35. The maximum Gasteiger partial charge on any atom is 0.410 e. The van der Waals surface area contributed by atoms with Crippen molar-refractivity contribution in [2.45, 2.75) is 45.6 Å². The second-order valence-electron chi connectivity index (χ2n) is 6.82. The van der Waals surface area contributed by atoms with E-state index >= 15 is 0 Å².